The summed E-state index contributed by atoms with van der Waals surface area (Å²) in [5.74, 6) is 0.949. The minimum atomic E-state index is 0.949. The first kappa shape index (κ1) is 14.9. The fourth-order valence-electron chi connectivity index (χ4n) is 0.864. The topological polar surface area (TPSA) is 23.9 Å². The molecule has 1 unspecified atom stereocenters. The van der Waals surface area contributed by atoms with Crippen LogP contribution in [0.1, 0.15) is 53.9 Å². The third-order valence-corrected chi connectivity index (χ3v) is 1.90. The van der Waals surface area contributed by atoms with E-state index < -0.39 is 0 Å². The predicted octanol–water partition coefficient (Wildman–Crippen LogP) is 4.43. The van der Waals surface area contributed by atoms with Crippen molar-refractivity contribution in [1.82, 2.24) is 0 Å². The molecule has 0 aromatic heterocycles. The zero-order valence-electron chi connectivity index (χ0n) is 9.85. The minimum Gasteiger partial charge on any atom is -0.309 e. The van der Waals surface area contributed by atoms with Gasteiger partial charge in [-0.3, -0.25) is 0 Å². The molecule has 0 aromatic rings. The van der Waals surface area contributed by atoms with Gasteiger partial charge in [0.2, 0.25) is 0 Å². The molecule has 0 bridgehead atoms. The van der Waals surface area contributed by atoms with Gasteiger partial charge in [0.25, 0.3) is 0 Å². The molecule has 78 valence electrons. The highest BCUT2D eigenvalue weighted by Gasteiger charge is 1.92. The van der Waals surface area contributed by atoms with Gasteiger partial charge >= 0.3 is 0 Å². The van der Waals surface area contributed by atoms with Crippen LogP contribution in [0.5, 0.6) is 0 Å². The average Bonchev–Trinajstić information content (AvgIpc) is 2.05. The minimum absolute atomic E-state index is 0.949. The quantitative estimate of drug-likeness (QED) is 0.623. The summed E-state index contributed by atoms with van der Waals surface area (Å²) in [4.78, 5) is 0. The first-order valence-corrected chi connectivity index (χ1v) is 5.22. The monoisotopic (exact) mass is 183 g/mol. The third kappa shape index (κ3) is 18.4. The van der Waals surface area contributed by atoms with Gasteiger partial charge in [-0.15, -0.1) is 0 Å². The zero-order valence-corrected chi connectivity index (χ0v) is 9.85. The van der Waals surface area contributed by atoms with Gasteiger partial charge in [-0.05, 0) is 25.8 Å². The fourth-order valence-corrected chi connectivity index (χ4v) is 0.864. The number of allylic oxidation sites excluding steroid dienone is 2. The van der Waals surface area contributed by atoms with Crippen LogP contribution >= 0.6 is 0 Å². The standard InChI is InChI=1S/C7H16.C5H9N/c1-4-6-7(3)5-2;1-5(2)3-4-6/h7H,4-6H2,1-3H3;3-4,6H,1-2H3. The molecular formula is C12H25N. The Morgan fingerprint density at radius 3 is 1.92 bits per heavy atom. The second-order valence-corrected chi connectivity index (χ2v) is 3.71. The van der Waals surface area contributed by atoms with Gasteiger partial charge < -0.3 is 5.41 Å². The molecule has 1 heteroatoms. The lowest BCUT2D eigenvalue weighted by Gasteiger charge is -2.02. The van der Waals surface area contributed by atoms with Gasteiger partial charge in [0.05, 0.1) is 0 Å². The molecule has 1 atom stereocenters. The zero-order chi connectivity index (χ0) is 10.7. The van der Waals surface area contributed by atoms with Gasteiger partial charge in [-0.2, -0.15) is 0 Å². The van der Waals surface area contributed by atoms with Crippen LogP contribution in [-0.2, 0) is 0 Å². The van der Waals surface area contributed by atoms with Gasteiger partial charge in [0, 0.05) is 6.21 Å². The summed E-state index contributed by atoms with van der Waals surface area (Å²) >= 11 is 0. The largest absolute Gasteiger partial charge is 0.309 e. The molecule has 0 radical (unpaired) electrons. The summed E-state index contributed by atoms with van der Waals surface area (Å²) in [6.45, 7) is 10.7. The van der Waals surface area contributed by atoms with Crippen molar-refractivity contribution < 1.29 is 0 Å². The van der Waals surface area contributed by atoms with Gasteiger partial charge in [-0.25, -0.2) is 0 Å². The van der Waals surface area contributed by atoms with E-state index in [4.69, 9.17) is 5.41 Å². The predicted molar refractivity (Wildman–Crippen MR) is 62.6 cm³/mol. The van der Waals surface area contributed by atoms with E-state index in [1.54, 1.807) is 6.08 Å². The highest BCUT2D eigenvalue weighted by molar-refractivity contribution is 5.68. The molecule has 13 heavy (non-hydrogen) atoms. The van der Waals surface area contributed by atoms with E-state index in [1.165, 1.54) is 31.1 Å². The third-order valence-electron chi connectivity index (χ3n) is 1.90. The molecule has 0 aliphatic heterocycles. The van der Waals surface area contributed by atoms with Crippen molar-refractivity contribution in [2.45, 2.75) is 53.9 Å². The molecule has 0 aromatic carbocycles. The Hall–Kier alpha value is -0.590. The molecule has 0 saturated heterocycles. The maximum absolute atomic E-state index is 6.53. The van der Waals surface area contributed by atoms with Gasteiger partial charge in [0.15, 0.2) is 0 Å². The Bertz CT molecular complexity index is 132. The molecule has 0 saturated carbocycles. The van der Waals surface area contributed by atoms with Crippen LogP contribution in [0.3, 0.4) is 0 Å². The molecule has 0 heterocycles. The average molecular weight is 183 g/mol. The molecule has 0 aliphatic rings. The van der Waals surface area contributed by atoms with E-state index in [9.17, 15) is 0 Å². The Kier molecular flexibility index (Phi) is 13.1. The van der Waals surface area contributed by atoms with Crippen molar-refractivity contribution >= 4 is 6.21 Å². The number of rotatable bonds is 4. The summed E-state index contributed by atoms with van der Waals surface area (Å²) in [6.07, 6.45) is 7.12. The molecule has 1 N–H and O–H groups in total. The van der Waals surface area contributed by atoms with E-state index in [0.29, 0.717) is 0 Å². The second kappa shape index (κ2) is 11.4. The summed E-state index contributed by atoms with van der Waals surface area (Å²) in [6, 6.07) is 0. The van der Waals surface area contributed by atoms with E-state index >= 15 is 0 Å². The van der Waals surface area contributed by atoms with Crippen LogP contribution in [0, 0.1) is 11.3 Å². The van der Waals surface area contributed by atoms with Crippen molar-refractivity contribution in [3.8, 4) is 0 Å². The van der Waals surface area contributed by atoms with Crippen molar-refractivity contribution in [2.75, 3.05) is 0 Å². The van der Waals surface area contributed by atoms with Crippen molar-refractivity contribution in [3.63, 3.8) is 0 Å². The van der Waals surface area contributed by atoms with E-state index in [-0.39, 0.29) is 0 Å². The van der Waals surface area contributed by atoms with Crippen molar-refractivity contribution in [2.24, 2.45) is 5.92 Å². The Morgan fingerprint density at radius 1 is 1.31 bits per heavy atom. The van der Waals surface area contributed by atoms with Crippen LogP contribution in [0.2, 0.25) is 0 Å². The Morgan fingerprint density at radius 2 is 1.85 bits per heavy atom. The SMILES string of the molecule is CC(C)=CC=N.CCCC(C)CC. The van der Waals surface area contributed by atoms with Crippen molar-refractivity contribution in [1.29, 1.82) is 5.41 Å². The maximum atomic E-state index is 6.53. The Labute approximate surface area is 83.8 Å². The lowest BCUT2D eigenvalue weighted by molar-refractivity contribution is 0.509. The molecular weight excluding hydrogens is 158 g/mol. The Balaban J connectivity index is 0. The maximum Gasteiger partial charge on any atom is 0.0177 e. The lowest BCUT2D eigenvalue weighted by atomic mass is 10.0. The molecule has 1 nitrogen and oxygen atoms in total. The molecule has 0 aliphatic carbocycles. The number of hydrogen-bond acceptors (Lipinski definition) is 1. The number of hydrogen-bond donors (Lipinski definition) is 1. The van der Waals surface area contributed by atoms with Gasteiger partial charge in [0.1, 0.15) is 0 Å². The van der Waals surface area contributed by atoms with Crippen LogP contribution in [0.15, 0.2) is 11.6 Å². The first-order valence-electron chi connectivity index (χ1n) is 5.22. The first-order chi connectivity index (χ1) is 6.08. The molecule has 0 fully saturated rings. The van der Waals surface area contributed by atoms with E-state index in [0.717, 1.165) is 5.92 Å². The molecule has 0 spiro atoms. The van der Waals surface area contributed by atoms with Gasteiger partial charge in [-0.1, -0.05) is 45.6 Å². The van der Waals surface area contributed by atoms with E-state index in [2.05, 4.69) is 20.8 Å². The summed E-state index contributed by atoms with van der Waals surface area (Å²) in [7, 11) is 0. The molecule has 0 rings (SSSR count). The fraction of sp³-hybridized carbons (Fsp3) is 0.750. The van der Waals surface area contributed by atoms with Crippen LogP contribution in [0.25, 0.3) is 0 Å². The van der Waals surface area contributed by atoms with E-state index in [1.807, 2.05) is 13.8 Å². The highest BCUT2D eigenvalue weighted by atomic mass is 14.3. The summed E-state index contributed by atoms with van der Waals surface area (Å²) < 4.78 is 0. The summed E-state index contributed by atoms with van der Waals surface area (Å²) in [5, 5.41) is 6.53. The van der Waals surface area contributed by atoms with Crippen LogP contribution in [0.4, 0.5) is 0 Å². The highest BCUT2D eigenvalue weighted by Crippen LogP contribution is 2.07. The normalized spacial score (nSPS) is 10.8. The smallest absolute Gasteiger partial charge is 0.0177 e. The lowest BCUT2D eigenvalue weighted by Crippen LogP contribution is -1.88. The second-order valence-electron chi connectivity index (χ2n) is 3.71. The number of nitrogens with one attached hydrogen (secondary N) is 1. The van der Waals surface area contributed by atoms with Crippen LogP contribution in [-0.4, -0.2) is 6.21 Å². The summed E-state index contributed by atoms with van der Waals surface area (Å²) in [5.41, 5.74) is 1.17. The van der Waals surface area contributed by atoms with Crippen molar-refractivity contribution in [3.05, 3.63) is 11.6 Å². The van der Waals surface area contributed by atoms with Crippen LogP contribution < -0.4 is 0 Å². The molecule has 0 amide bonds.